The van der Waals surface area contributed by atoms with E-state index >= 15 is 0 Å². The zero-order valence-corrected chi connectivity index (χ0v) is 18.6. The highest BCUT2D eigenvalue weighted by Gasteiger charge is 2.45. The Balaban J connectivity index is 0.00000149. The Hall–Kier alpha value is -3.17. The van der Waals surface area contributed by atoms with Gasteiger partial charge in [-0.3, -0.25) is 13.5 Å². The molecule has 4 rings (SSSR count). The largest absolute Gasteiger partial charge is 0.387 e. The summed E-state index contributed by atoms with van der Waals surface area (Å²) in [5.41, 5.74) is 6.39. The van der Waals surface area contributed by atoms with Crippen LogP contribution in [0.3, 0.4) is 0 Å². The molecule has 4 atom stereocenters. The number of nitrogens with zero attached hydrogens (tertiary/aromatic N) is 4. The molecule has 2 aromatic heterocycles. The Morgan fingerprint density at radius 3 is 2.58 bits per heavy atom. The fourth-order valence-corrected chi connectivity index (χ4v) is 3.82. The molecule has 1 aliphatic heterocycles. The smallest absolute Gasteiger partial charge is 0.362 e. The number of hydrogen-bond acceptors (Lipinski definition) is 11. The normalized spacial score (nSPS) is 22.5. The number of nitrogens with two attached hydrogens (primary N) is 1. The number of amides is 1. The quantitative estimate of drug-likeness (QED) is 0.363. The van der Waals surface area contributed by atoms with Crippen molar-refractivity contribution in [1.29, 1.82) is 0 Å². The molecule has 0 radical (unpaired) electrons. The van der Waals surface area contributed by atoms with Crippen molar-refractivity contribution in [2.75, 3.05) is 12.3 Å². The van der Waals surface area contributed by atoms with E-state index in [0.717, 1.165) is 0 Å². The number of imidazole rings is 1. The summed E-state index contributed by atoms with van der Waals surface area (Å²) in [5, 5.41) is 20.7. The summed E-state index contributed by atoms with van der Waals surface area (Å²) in [6.07, 6.45) is -2.78. The van der Waals surface area contributed by atoms with E-state index in [-0.39, 0.29) is 22.5 Å². The number of nitrogens with one attached hydrogen (secondary N) is 1. The van der Waals surface area contributed by atoms with Gasteiger partial charge in [0.2, 0.25) is 0 Å². The van der Waals surface area contributed by atoms with Crippen LogP contribution in [0, 0.1) is 0 Å². The first kappa shape index (κ1) is 24.5. The summed E-state index contributed by atoms with van der Waals surface area (Å²) in [5.74, 6) is -0.759. The van der Waals surface area contributed by atoms with Gasteiger partial charge in [0.05, 0.1) is 12.9 Å². The highest BCUT2D eigenvalue weighted by Crippen LogP contribution is 2.32. The average Bonchev–Trinajstić information content (AvgIpc) is 3.36. The number of anilines is 1. The standard InChI is InChI=1S/C17H18N6O7S.C2H6/c18-14-11-15(20-7-19-14)23(8-21-11)17-13(25)12(24)10(30-17)6-29-31(27,28)22-16(26)9-4-2-1-3-5-9;1-2/h1-5,7-8,10,12-13,17,24-25H,6H2,(H,22,26)(H2,18,19,20);1-2H3/t10-,12-,13-,17-;/m1./s1. The molecule has 3 heterocycles. The molecule has 178 valence electrons. The second kappa shape index (κ2) is 10.2. The van der Waals surface area contributed by atoms with Gasteiger partial charge in [-0.05, 0) is 12.1 Å². The van der Waals surface area contributed by atoms with Crippen molar-refractivity contribution in [1.82, 2.24) is 24.2 Å². The van der Waals surface area contributed by atoms with Crippen LogP contribution >= 0.6 is 0 Å². The third kappa shape index (κ3) is 5.26. The molecule has 0 aliphatic carbocycles. The summed E-state index contributed by atoms with van der Waals surface area (Å²) in [6.45, 7) is 3.34. The first-order valence-electron chi connectivity index (χ1n) is 9.98. The van der Waals surface area contributed by atoms with E-state index in [0.29, 0.717) is 0 Å². The highest BCUT2D eigenvalue weighted by molar-refractivity contribution is 7.85. The Labute approximate surface area is 189 Å². The Kier molecular flexibility index (Phi) is 7.55. The Morgan fingerprint density at radius 1 is 1.18 bits per heavy atom. The molecule has 0 saturated carbocycles. The summed E-state index contributed by atoms with van der Waals surface area (Å²) < 4.78 is 37.6. The van der Waals surface area contributed by atoms with E-state index in [9.17, 15) is 23.4 Å². The minimum absolute atomic E-state index is 0.121. The van der Waals surface area contributed by atoms with Crippen molar-refractivity contribution in [2.45, 2.75) is 38.4 Å². The van der Waals surface area contributed by atoms with Gasteiger partial charge in [-0.1, -0.05) is 32.0 Å². The van der Waals surface area contributed by atoms with Gasteiger partial charge in [0.25, 0.3) is 5.91 Å². The lowest BCUT2D eigenvalue weighted by Crippen LogP contribution is -2.37. The minimum Gasteiger partial charge on any atom is -0.387 e. The molecule has 5 N–H and O–H groups in total. The molecule has 0 unspecified atom stereocenters. The fraction of sp³-hybridized carbons (Fsp3) is 0.368. The molecule has 13 nitrogen and oxygen atoms in total. The number of aliphatic hydroxyl groups is 2. The van der Waals surface area contributed by atoms with E-state index in [2.05, 4.69) is 15.0 Å². The van der Waals surface area contributed by atoms with Gasteiger partial charge < -0.3 is 20.7 Å². The summed E-state index contributed by atoms with van der Waals surface area (Å²) >= 11 is 0. The van der Waals surface area contributed by atoms with Crippen molar-refractivity contribution < 1.29 is 32.3 Å². The number of aromatic nitrogens is 4. The molecule has 1 aromatic carbocycles. The van der Waals surface area contributed by atoms with Crippen molar-refractivity contribution in [3.8, 4) is 0 Å². The molecule has 1 fully saturated rings. The molecular formula is C19H24N6O7S. The zero-order valence-electron chi connectivity index (χ0n) is 17.8. The number of ether oxygens (including phenoxy) is 1. The monoisotopic (exact) mass is 480 g/mol. The van der Waals surface area contributed by atoms with E-state index < -0.39 is 47.4 Å². The number of rotatable bonds is 6. The number of hydrogen-bond donors (Lipinski definition) is 4. The van der Waals surface area contributed by atoms with Gasteiger partial charge in [-0.25, -0.2) is 19.7 Å². The number of carbonyl (C=O) groups excluding carboxylic acids is 1. The van der Waals surface area contributed by atoms with Crippen LogP contribution < -0.4 is 10.5 Å². The maximum Gasteiger partial charge on any atom is 0.362 e. The predicted octanol–water partition coefficient (Wildman–Crippen LogP) is -0.255. The molecule has 33 heavy (non-hydrogen) atoms. The zero-order chi connectivity index (χ0) is 24.2. The second-order valence-corrected chi connectivity index (χ2v) is 8.01. The number of aliphatic hydroxyl groups excluding tert-OH is 2. The van der Waals surface area contributed by atoms with Crippen molar-refractivity contribution in [3.63, 3.8) is 0 Å². The fourth-order valence-electron chi connectivity index (χ4n) is 3.10. The van der Waals surface area contributed by atoms with Crippen LogP contribution in [0.1, 0.15) is 30.4 Å². The van der Waals surface area contributed by atoms with Crippen LogP contribution in [0.4, 0.5) is 5.82 Å². The third-order valence-electron chi connectivity index (χ3n) is 4.64. The SMILES string of the molecule is CC.Nc1ncnc2c1ncn2[C@@H]1O[C@H](COS(=O)(=O)NC(=O)c2ccccc2)[C@@H](O)[C@H]1O. The van der Waals surface area contributed by atoms with Crippen LogP contribution in [0.15, 0.2) is 43.0 Å². The van der Waals surface area contributed by atoms with Gasteiger partial charge >= 0.3 is 10.3 Å². The number of fused-ring (bicyclic) bond motifs is 1. The van der Waals surface area contributed by atoms with Gasteiger partial charge in [0.1, 0.15) is 30.2 Å². The topological polar surface area (TPSA) is 192 Å². The third-order valence-corrected chi connectivity index (χ3v) is 5.52. The van der Waals surface area contributed by atoms with Gasteiger partial charge in [-0.2, -0.15) is 8.42 Å². The number of benzene rings is 1. The molecule has 0 bridgehead atoms. The summed E-state index contributed by atoms with van der Waals surface area (Å²) in [7, 11) is -4.50. The lowest BCUT2D eigenvalue weighted by atomic mass is 10.1. The molecule has 1 aliphatic rings. The Morgan fingerprint density at radius 2 is 1.88 bits per heavy atom. The van der Waals surface area contributed by atoms with E-state index in [1.165, 1.54) is 29.4 Å². The second-order valence-electron chi connectivity index (χ2n) is 6.67. The Bertz CT molecular complexity index is 1200. The lowest BCUT2D eigenvalue weighted by molar-refractivity contribution is -0.0468. The molecule has 3 aromatic rings. The molecule has 1 amide bonds. The molecule has 1 saturated heterocycles. The van der Waals surface area contributed by atoms with Crippen LogP contribution in [0.2, 0.25) is 0 Å². The lowest BCUT2D eigenvalue weighted by Gasteiger charge is -2.16. The number of nitrogen functional groups attached to an aromatic ring is 1. The molecular weight excluding hydrogens is 456 g/mol. The van der Waals surface area contributed by atoms with Crippen LogP contribution in [0.25, 0.3) is 11.2 Å². The van der Waals surface area contributed by atoms with Gasteiger partial charge in [0, 0.05) is 5.56 Å². The van der Waals surface area contributed by atoms with Crippen LogP contribution in [-0.4, -0.2) is 69.0 Å². The first-order chi connectivity index (χ1) is 15.8. The van der Waals surface area contributed by atoms with Crippen LogP contribution in [0.5, 0.6) is 0 Å². The van der Waals surface area contributed by atoms with Crippen molar-refractivity contribution >= 4 is 33.2 Å². The number of carbonyl (C=O) groups is 1. The first-order valence-corrected chi connectivity index (χ1v) is 11.4. The van der Waals surface area contributed by atoms with E-state index in [1.807, 2.05) is 13.8 Å². The van der Waals surface area contributed by atoms with Crippen molar-refractivity contribution in [2.24, 2.45) is 0 Å². The predicted molar refractivity (Wildman–Crippen MR) is 116 cm³/mol. The maximum atomic E-state index is 12.1. The minimum atomic E-state index is -4.50. The molecule has 14 heteroatoms. The maximum absolute atomic E-state index is 12.1. The average molecular weight is 481 g/mol. The van der Waals surface area contributed by atoms with E-state index in [1.54, 1.807) is 22.9 Å². The van der Waals surface area contributed by atoms with E-state index in [4.69, 9.17) is 14.7 Å². The van der Waals surface area contributed by atoms with Gasteiger partial charge in [-0.15, -0.1) is 0 Å². The van der Waals surface area contributed by atoms with Gasteiger partial charge in [0.15, 0.2) is 17.7 Å². The van der Waals surface area contributed by atoms with Crippen LogP contribution in [-0.2, 0) is 19.2 Å². The summed E-state index contributed by atoms with van der Waals surface area (Å²) in [4.78, 5) is 23.9. The van der Waals surface area contributed by atoms with Crippen molar-refractivity contribution in [3.05, 3.63) is 48.5 Å². The molecule has 0 spiro atoms. The summed E-state index contributed by atoms with van der Waals surface area (Å²) in [6, 6.07) is 7.69. The highest BCUT2D eigenvalue weighted by atomic mass is 32.2.